The third kappa shape index (κ3) is 3.02. The van der Waals surface area contributed by atoms with Crippen LogP contribution in [0.15, 0.2) is 17.5 Å². The van der Waals surface area contributed by atoms with E-state index in [1.165, 1.54) is 11.3 Å². The third-order valence-corrected chi connectivity index (χ3v) is 5.62. The molecule has 2 aromatic heterocycles. The lowest BCUT2D eigenvalue weighted by Gasteiger charge is -2.32. The SMILES string of the molecule is CCn1nc(C)c(C(=O)N2CCCC(C(=O)c3cccs3)C2)c1C. The second kappa shape index (κ2) is 6.89. The van der Waals surface area contributed by atoms with Crippen LogP contribution in [0.25, 0.3) is 0 Å². The lowest BCUT2D eigenvalue weighted by molar-refractivity contribution is 0.0637. The van der Waals surface area contributed by atoms with Gasteiger partial charge in [0.05, 0.1) is 16.1 Å². The summed E-state index contributed by atoms with van der Waals surface area (Å²) in [7, 11) is 0. The second-order valence-corrected chi connectivity index (χ2v) is 7.24. The van der Waals surface area contributed by atoms with Crippen LogP contribution in [0.4, 0.5) is 0 Å². The van der Waals surface area contributed by atoms with Crippen molar-refractivity contribution < 1.29 is 9.59 Å². The number of amides is 1. The van der Waals surface area contributed by atoms with Gasteiger partial charge in [0, 0.05) is 31.2 Å². The predicted octanol–water partition coefficient (Wildman–Crippen LogP) is 3.32. The van der Waals surface area contributed by atoms with Crippen LogP contribution in [0.5, 0.6) is 0 Å². The summed E-state index contributed by atoms with van der Waals surface area (Å²) in [5.74, 6) is 0.0803. The number of Topliss-reactive ketones (excluding diaryl/α,β-unsaturated/α-hetero) is 1. The maximum Gasteiger partial charge on any atom is 0.257 e. The summed E-state index contributed by atoms with van der Waals surface area (Å²) < 4.78 is 1.86. The van der Waals surface area contributed by atoms with Gasteiger partial charge in [0.15, 0.2) is 5.78 Å². The van der Waals surface area contributed by atoms with Crippen molar-refractivity contribution in [3.8, 4) is 0 Å². The molecule has 5 nitrogen and oxygen atoms in total. The van der Waals surface area contributed by atoms with Gasteiger partial charge in [-0.3, -0.25) is 14.3 Å². The molecule has 6 heteroatoms. The summed E-state index contributed by atoms with van der Waals surface area (Å²) in [6, 6.07) is 3.77. The number of thiophene rings is 1. The van der Waals surface area contributed by atoms with E-state index < -0.39 is 0 Å². The highest BCUT2D eigenvalue weighted by molar-refractivity contribution is 7.12. The molecule has 24 heavy (non-hydrogen) atoms. The van der Waals surface area contributed by atoms with E-state index in [2.05, 4.69) is 5.10 Å². The van der Waals surface area contributed by atoms with Crippen molar-refractivity contribution in [3.63, 3.8) is 0 Å². The number of aryl methyl sites for hydroxylation is 2. The molecule has 0 bridgehead atoms. The van der Waals surface area contributed by atoms with Gasteiger partial charge in [-0.25, -0.2) is 0 Å². The van der Waals surface area contributed by atoms with E-state index >= 15 is 0 Å². The topological polar surface area (TPSA) is 55.2 Å². The van der Waals surface area contributed by atoms with Crippen molar-refractivity contribution in [2.24, 2.45) is 5.92 Å². The van der Waals surface area contributed by atoms with Crippen molar-refractivity contribution in [3.05, 3.63) is 39.3 Å². The number of ketones is 1. The normalized spacial score (nSPS) is 18.0. The Balaban J connectivity index is 1.79. The van der Waals surface area contributed by atoms with Crippen LogP contribution < -0.4 is 0 Å². The first-order chi connectivity index (χ1) is 11.5. The number of hydrogen-bond acceptors (Lipinski definition) is 4. The molecule has 1 fully saturated rings. The molecule has 1 saturated heterocycles. The van der Waals surface area contributed by atoms with E-state index in [0.717, 1.165) is 35.7 Å². The quantitative estimate of drug-likeness (QED) is 0.799. The second-order valence-electron chi connectivity index (χ2n) is 6.29. The van der Waals surface area contributed by atoms with E-state index in [1.807, 2.05) is 47.9 Å². The molecule has 0 aromatic carbocycles. The van der Waals surface area contributed by atoms with Crippen molar-refractivity contribution in [2.75, 3.05) is 13.1 Å². The van der Waals surface area contributed by atoms with Gasteiger partial charge in [-0.15, -0.1) is 11.3 Å². The summed E-state index contributed by atoms with van der Waals surface area (Å²) in [5.41, 5.74) is 2.37. The van der Waals surface area contributed by atoms with Crippen LogP contribution >= 0.6 is 11.3 Å². The fourth-order valence-corrected chi connectivity index (χ4v) is 4.21. The molecule has 1 amide bonds. The zero-order valence-electron chi connectivity index (χ0n) is 14.4. The molecule has 1 aliphatic heterocycles. The summed E-state index contributed by atoms with van der Waals surface area (Å²) >= 11 is 1.48. The highest BCUT2D eigenvalue weighted by Gasteiger charge is 2.31. The average Bonchev–Trinajstić information content (AvgIpc) is 3.22. The molecule has 3 rings (SSSR count). The van der Waals surface area contributed by atoms with Crippen molar-refractivity contribution in [1.82, 2.24) is 14.7 Å². The lowest BCUT2D eigenvalue weighted by atomic mass is 9.92. The fraction of sp³-hybridized carbons (Fsp3) is 0.500. The van der Waals surface area contributed by atoms with Gasteiger partial charge in [-0.1, -0.05) is 6.07 Å². The molecule has 0 radical (unpaired) electrons. The van der Waals surface area contributed by atoms with Crippen molar-refractivity contribution >= 4 is 23.0 Å². The molecule has 0 spiro atoms. The summed E-state index contributed by atoms with van der Waals surface area (Å²) in [6.07, 6.45) is 1.72. The van der Waals surface area contributed by atoms with Gasteiger partial charge < -0.3 is 4.90 Å². The fourth-order valence-electron chi connectivity index (χ4n) is 3.47. The Morgan fingerprint density at radius 1 is 1.38 bits per heavy atom. The van der Waals surface area contributed by atoms with E-state index in [9.17, 15) is 9.59 Å². The number of aromatic nitrogens is 2. The number of likely N-dealkylation sites (tertiary alicyclic amines) is 1. The number of carbonyl (C=O) groups is 2. The van der Waals surface area contributed by atoms with Crippen LogP contribution in [0, 0.1) is 19.8 Å². The van der Waals surface area contributed by atoms with Gasteiger partial charge in [0.1, 0.15) is 0 Å². The lowest BCUT2D eigenvalue weighted by Crippen LogP contribution is -2.42. The van der Waals surface area contributed by atoms with E-state index in [1.54, 1.807) is 0 Å². The molecule has 0 N–H and O–H groups in total. The third-order valence-electron chi connectivity index (χ3n) is 4.74. The Morgan fingerprint density at radius 2 is 2.17 bits per heavy atom. The molecular weight excluding hydrogens is 322 g/mol. The molecule has 128 valence electrons. The molecule has 1 unspecified atom stereocenters. The number of hydrogen-bond donors (Lipinski definition) is 0. The number of carbonyl (C=O) groups excluding carboxylic acids is 2. The van der Waals surface area contributed by atoms with Gasteiger partial charge >= 0.3 is 0 Å². The Morgan fingerprint density at radius 3 is 2.79 bits per heavy atom. The largest absolute Gasteiger partial charge is 0.338 e. The highest BCUT2D eigenvalue weighted by Crippen LogP contribution is 2.25. The Labute approximate surface area is 146 Å². The number of rotatable bonds is 4. The molecule has 1 aliphatic rings. The Hall–Kier alpha value is -1.95. The van der Waals surface area contributed by atoms with Crippen LogP contribution in [0.3, 0.4) is 0 Å². The standard InChI is InChI=1S/C18H23N3O2S/c1-4-21-13(3)16(12(2)19-21)18(23)20-9-5-7-14(11-20)17(22)15-8-6-10-24-15/h6,8,10,14H,4-5,7,9,11H2,1-3H3. The first-order valence-electron chi connectivity index (χ1n) is 8.44. The van der Waals surface area contributed by atoms with E-state index in [4.69, 9.17) is 0 Å². The first kappa shape index (κ1) is 16.9. The van der Waals surface area contributed by atoms with Gasteiger partial charge in [-0.2, -0.15) is 5.10 Å². The minimum absolute atomic E-state index is 0.00776. The summed E-state index contributed by atoms with van der Waals surface area (Å²) in [5, 5.41) is 6.36. The van der Waals surface area contributed by atoms with E-state index in [0.29, 0.717) is 18.7 Å². The van der Waals surface area contributed by atoms with Crippen molar-refractivity contribution in [2.45, 2.75) is 40.2 Å². The summed E-state index contributed by atoms with van der Waals surface area (Å²) in [6.45, 7) is 7.80. The summed E-state index contributed by atoms with van der Waals surface area (Å²) in [4.78, 5) is 28.2. The Kier molecular flexibility index (Phi) is 4.85. The molecule has 3 heterocycles. The van der Waals surface area contributed by atoms with Crippen LogP contribution in [0.2, 0.25) is 0 Å². The molecular formula is C18H23N3O2S. The van der Waals surface area contributed by atoms with Gasteiger partial charge in [0.25, 0.3) is 5.91 Å². The van der Waals surface area contributed by atoms with E-state index in [-0.39, 0.29) is 17.6 Å². The van der Waals surface area contributed by atoms with Crippen LogP contribution in [-0.4, -0.2) is 39.5 Å². The van der Waals surface area contributed by atoms with Crippen molar-refractivity contribution in [1.29, 1.82) is 0 Å². The molecule has 0 saturated carbocycles. The predicted molar refractivity (Wildman–Crippen MR) is 94.7 cm³/mol. The van der Waals surface area contributed by atoms with Crippen LogP contribution in [-0.2, 0) is 6.54 Å². The minimum Gasteiger partial charge on any atom is -0.338 e. The maximum absolute atomic E-state index is 13.0. The first-order valence-corrected chi connectivity index (χ1v) is 9.31. The Bertz CT molecular complexity index is 749. The molecule has 2 aromatic rings. The number of nitrogens with zero attached hydrogens (tertiary/aromatic N) is 3. The maximum atomic E-state index is 13.0. The minimum atomic E-state index is -0.0943. The van der Waals surface area contributed by atoms with Gasteiger partial charge in [0.2, 0.25) is 0 Å². The number of piperidine rings is 1. The van der Waals surface area contributed by atoms with Gasteiger partial charge in [-0.05, 0) is 45.1 Å². The molecule has 0 aliphatic carbocycles. The monoisotopic (exact) mass is 345 g/mol. The zero-order valence-corrected chi connectivity index (χ0v) is 15.2. The van der Waals surface area contributed by atoms with Crippen LogP contribution in [0.1, 0.15) is 51.2 Å². The molecule has 1 atom stereocenters. The average molecular weight is 345 g/mol. The zero-order chi connectivity index (χ0) is 17.3. The smallest absolute Gasteiger partial charge is 0.257 e. The highest BCUT2D eigenvalue weighted by atomic mass is 32.1.